The first-order valence-corrected chi connectivity index (χ1v) is 8.72. The van der Waals surface area contributed by atoms with Gasteiger partial charge >= 0.3 is 6.18 Å². The fourth-order valence-electron chi connectivity index (χ4n) is 3.65. The molecule has 2 heterocycles. The minimum absolute atomic E-state index is 0.00394. The Kier molecular flexibility index (Phi) is 5.61. The second-order valence-electron chi connectivity index (χ2n) is 6.69. The van der Waals surface area contributed by atoms with Gasteiger partial charge in [-0.05, 0) is 50.0 Å². The second kappa shape index (κ2) is 7.92. The van der Waals surface area contributed by atoms with Gasteiger partial charge in [-0.15, -0.1) is 0 Å². The van der Waals surface area contributed by atoms with Crippen molar-refractivity contribution in [3.63, 3.8) is 0 Å². The van der Waals surface area contributed by atoms with Crippen LogP contribution in [-0.2, 0) is 6.18 Å². The Morgan fingerprint density at radius 3 is 2.59 bits per heavy atom. The molecule has 2 atom stereocenters. The molecular weight excluding hydrogens is 355 g/mol. The van der Waals surface area contributed by atoms with E-state index in [1.165, 1.54) is 12.4 Å². The van der Waals surface area contributed by atoms with Crippen molar-refractivity contribution in [1.29, 1.82) is 5.26 Å². The zero-order valence-electron chi connectivity index (χ0n) is 14.9. The molecule has 1 aliphatic heterocycles. The van der Waals surface area contributed by atoms with E-state index in [-0.39, 0.29) is 17.7 Å². The zero-order valence-corrected chi connectivity index (χ0v) is 14.9. The van der Waals surface area contributed by atoms with Crippen LogP contribution in [0.4, 0.5) is 19.0 Å². The van der Waals surface area contributed by atoms with Gasteiger partial charge in [0.1, 0.15) is 6.07 Å². The summed E-state index contributed by atoms with van der Waals surface area (Å²) in [5, 5.41) is 12.3. The summed E-state index contributed by atoms with van der Waals surface area (Å²) in [5.74, 6) is 0.605. The fraction of sp³-hybridized carbons (Fsp3) is 0.421. The highest BCUT2D eigenvalue weighted by molar-refractivity contribution is 5.46. The van der Waals surface area contributed by atoms with E-state index in [0.29, 0.717) is 12.4 Å². The summed E-state index contributed by atoms with van der Waals surface area (Å²) in [7, 11) is 1.98. The summed E-state index contributed by atoms with van der Waals surface area (Å²) < 4.78 is 38.5. The molecule has 5 nitrogen and oxygen atoms in total. The molecular formula is C19H20F3N5. The number of piperidine rings is 1. The maximum atomic E-state index is 12.8. The van der Waals surface area contributed by atoms with E-state index in [4.69, 9.17) is 5.26 Å². The number of rotatable bonds is 4. The molecule has 0 spiro atoms. The second-order valence-corrected chi connectivity index (χ2v) is 6.69. The number of halogens is 3. The molecule has 0 aliphatic carbocycles. The predicted molar refractivity (Wildman–Crippen MR) is 94.8 cm³/mol. The molecule has 8 heteroatoms. The first-order valence-electron chi connectivity index (χ1n) is 8.72. The summed E-state index contributed by atoms with van der Waals surface area (Å²) >= 11 is 0. The molecule has 0 bridgehead atoms. The molecule has 0 radical (unpaired) electrons. The molecule has 1 saturated heterocycles. The lowest BCUT2D eigenvalue weighted by atomic mass is 9.84. The molecule has 2 aromatic rings. The highest BCUT2D eigenvalue weighted by atomic mass is 19.4. The summed E-state index contributed by atoms with van der Waals surface area (Å²) in [6, 6.07) is 7.40. The van der Waals surface area contributed by atoms with Gasteiger partial charge in [0, 0.05) is 25.0 Å². The predicted octanol–water partition coefficient (Wildman–Crippen LogP) is 3.86. The average molecular weight is 375 g/mol. The fourth-order valence-corrected chi connectivity index (χ4v) is 3.65. The van der Waals surface area contributed by atoms with E-state index in [0.717, 1.165) is 37.1 Å². The minimum atomic E-state index is -4.34. The number of alkyl halides is 3. The molecule has 3 rings (SSSR count). The van der Waals surface area contributed by atoms with E-state index in [1.807, 2.05) is 13.1 Å². The van der Waals surface area contributed by atoms with Gasteiger partial charge in [0.2, 0.25) is 0 Å². The van der Waals surface area contributed by atoms with Crippen LogP contribution in [0, 0.1) is 17.2 Å². The smallest absolute Gasteiger partial charge is 0.367 e. The zero-order chi connectivity index (χ0) is 19.4. The first kappa shape index (κ1) is 19.1. The Morgan fingerprint density at radius 2 is 1.93 bits per heavy atom. The van der Waals surface area contributed by atoms with Crippen molar-refractivity contribution in [3.8, 4) is 6.07 Å². The topological polar surface area (TPSA) is 64.8 Å². The van der Waals surface area contributed by atoms with Crippen LogP contribution >= 0.6 is 0 Å². The van der Waals surface area contributed by atoms with Gasteiger partial charge in [-0.1, -0.05) is 12.1 Å². The molecule has 1 N–H and O–H groups in total. The van der Waals surface area contributed by atoms with E-state index < -0.39 is 11.7 Å². The summed E-state index contributed by atoms with van der Waals surface area (Å²) in [6.45, 7) is 1.44. The van der Waals surface area contributed by atoms with Crippen LogP contribution in [0.25, 0.3) is 0 Å². The Balaban J connectivity index is 1.78. The van der Waals surface area contributed by atoms with Gasteiger partial charge in [-0.25, -0.2) is 9.97 Å². The van der Waals surface area contributed by atoms with E-state index in [1.54, 1.807) is 12.1 Å². The van der Waals surface area contributed by atoms with Crippen molar-refractivity contribution >= 4 is 5.82 Å². The van der Waals surface area contributed by atoms with Crippen molar-refractivity contribution < 1.29 is 13.2 Å². The number of anilines is 1. The molecule has 1 aromatic heterocycles. The number of hydrogen-bond donors (Lipinski definition) is 1. The number of nitrogens with zero attached hydrogens (tertiary/aromatic N) is 4. The number of aromatic nitrogens is 2. The summed E-state index contributed by atoms with van der Waals surface area (Å²) in [5.41, 5.74) is 0.446. The Morgan fingerprint density at radius 1 is 1.22 bits per heavy atom. The molecule has 0 saturated carbocycles. The third kappa shape index (κ3) is 4.37. The number of likely N-dealkylation sites (tertiary alicyclic amines) is 1. The third-order valence-corrected chi connectivity index (χ3v) is 4.92. The van der Waals surface area contributed by atoms with Crippen LogP contribution in [0.5, 0.6) is 0 Å². The monoisotopic (exact) mass is 375 g/mol. The minimum Gasteiger partial charge on any atom is -0.367 e. The van der Waals surface area contributed by atoms with Crippen molar-refractivity contribution in [2.75, 3.05) is 25.5 Å². The maximum Gasteiger partial charge on any atom is 0.416 e. The Hall–Kier alpha value is -2.66. The van der Waals surface area contributed by atoms with Crippen LogP contribution in [0.3, 0.4) is 0 Å². The van der Waals surface area contributed by atoms with Crippen LogP contribution in [-0.4, -0.2) is 35.0 Å². The van der Waals surface area contributed by atoms with Gasteiger partial charge in [0.05, 0.1) is 5.56 Å². The third-order valence-electron chi connectivity index (χ3n) is 4.92. The lowest BCUT2D eigenvalue weighted by Crippen LogP contribution is -2.39. The quantitative estimate of drug-likeness (QED) is 0.879. The van der Waals surface area contributed by atoms with E-state index in [2.05, 4.69) is 20.2 Å². The van der Waals surface area contributed by atoms with Crippen molar-refractivity contribution in [2.45, 2.75) is 25.1 Å². The van der Waals surface area contributed by atoms with Crippen molar-refractivity contribution in [3.05, 3.63) is 53.5 Å². The lowest BCUT2D eigenvalue weighted by molar-refractivity contribution is -0.137. The largest absolute Gasteiger partial charge is 0.416 e. The van der Waals surface area contributed by atoms with Crippen molar-refractivity contribution in [2.24, 2.45) is 5.92 Å². The van der Waals surface area contributed by atoms with Crippen LogP contribution in [0.2, 0.25) is 0 Å². The molecule has 1 aromatic carbocycles. The van der Waals surface area contributed by atoms with Gasteiger partial charge in [0.15, 0.2) is 11.5 Å². The van der Waals surface area contributed by atoms with Gasteiger partial charge in [0.25, 0.3) is 0 Å². The van der Waals surface area contributed by atoms with Gasteiger partial charge in [-0.3, -0.25) is 4.90 Å². The van der Waals surface area contributed by atoms with Crippen LogP contribution in [0.15, 0.2) is 36.7 Å². The van der Waals surface area contributed by atoms with Crippen LogP contribution < -0.4 is 5.32 Å². The van der Waals surface area contributed by atoms with Gasteiger partial charge in [-0.2, -0.15) is 18.4 Å². The first-order chi connectivity index (χ1) is 12.9. The molecule has 1 aliphatic rings. The van der Waals surface area contributed by atoms with Crippen LogP contribution in [0.1, 0.15) is 35.7 Å². The van der Waals surface area contributed by atoms with Crippen molar-refractivity contribution in [1.82, 2.24) is 14.9 Å². The summed E-state index contributed by atoms with van der Waals surface area (Å²) in [4.78, 5) is 10.3. The molecule has 142 valence electrons. The lowest BCUT2D eigenvalue weighted by Gasteiger charge is -2.40. The average Bonchev–Trinajstić information content (AvgIpc) is 2.66. The Labute approximate surface area is 155 Å². The molecule has 1 fully saturated rings. The highest BCUT2D eigenvalue weighted by Gasteiger charge is 2.33. The Bertz CT molecular complexity index is 813. The van der Waals surface area contributed by atoms with Gasteiger partial charge < -0.3 is 5.32 Å². The maximum absolute atomic E-state index is 12.8. The SMILES string of the molecule is CN1CCCC(CNc2nccnc2C#N)C1c1ccc(C(F)(F)F)cc1. The number of nitrogens with one attached hydrogen (secondary N) is 1. The van der Waals surface area contributed by atoms with E-state index >= 15 is 0 Å². The summed E-state index contributed by atoms with van der Waals surface area (Å²) in [6.07, 6.45) is 0.584. The standard InChI is InChI=1S/C19H20F3N5/c1-27-10-2-3-14(12-26-18-16(11-23)24-8-9-25-18)17(27)13-4-6-15(7-5-13)19(20,21)22/h4-9,14,17H,2-3,10,12H2,1H3,(H,25,26). The normalized spacial score (nSPS) is 20.9. The number of benzene rings is 1. The molecule has 2 unspecified atom stereocenters. The number of nitriles is 1. The molecule has 27 heavy (non-hydrogen) atoms. The highest BCUT2D eigenvalue weighted by Crippen LogP contribution is 2.37. The van der Waals surface area contributed by atoms with E-state index in [9.17, 15) is 13.2 Å². The molecule has 0 amide bonds. The number of hydrogen-bond acceptors (Lipinski definition) is 5.